The Morgan fingerprint density at radius 3 is 2.75 bits per heavy atom. The van der Waals surface area contributed by atoms with Crippen molar-refractivity contribution in [3.63, 3.8) is 0 Å². The lowest BCUT2D eigenvalue weighted by molar-refractivity contribution is -0.143. The van der Waals surface area contributed by atoms with Gasteiger partial charge in [0.1, 0.15) is 18.4 Å². The topological polar surface area (TPSA) is 102 Å². The van der Waals surface area contributed by atoms with E-state index in [2.05, 4.69) is 34.6 Å². The molecule has 1 saturated heterocycles. The van der Waals surface area contributed by atoms with Gasteiger partial charge in [-0.1, -0.05) is 19.9 Å². The summed E-state index contributed by atoms with van der Waals surface area (Å²) in [5.74, 6) is -0.162. The van der Waals surface area contributed by atoms with Crippen LogP contribution in [0.2, 0.25) is 0 Å². The first-order chi connectivity index (χ1) is 17.4. The molecular weight excluding hydrogens is 483 g/mol. The van der Waals surface area contributed by atoms with Crippen molar-refractivity contribution >= 4 is 23.2 Å². The second kappa shape index (κ2) is 12.2. The summed E-state index contributed by atoms with van der Waals surface area (Å²) in [6, 6.07) is 8.69. The number of carbonyl (C=O) groups is 2. The first kappa shape index (κ1) is 25.9. The molecule has 1 fully saturated rings. The van der Waals surface area contributed by atoms with Crippen molar-refractivity contribution in [2.45, 2.75) is 51.8 Å². The molecule has 0 bridgehead atoms. The number of thiophene rings is 1. The van der Waals surface area contributed by atoms with E-state index in [0.717, 1.165) is 24.1 Å². The summed E-state index contributed by atoms with van der Waals surface area (Å²) in [6.45, 7) is 5.47. The maximum atomic E-state index is 13.6. The minimum Gasteiger partial charge on any atom is -0.376 e. The molecule has 4 rings (SSSR count). The minimum absolute atomic E-state index is 0.140. The predicted molar refractivity (Wildman–Crippen MR) is 133 cm³/mol. The average molecular weight is 515 g/mol. The minimum atomic E-state index is -0.783. The van der Waals surface area contributed by atoms with Crippen LogP contribution in [-0.4, -0.2) is 62.7 Å². The third kappa shape index (κ3) is 6.73. The quantitative estimate of drug-likeness (QED) is 0.421. The number of hydrogen-bond donors (Lipinski definition) is 1. The standard InChI is InChI=1S/C25H31FN6O3S/c1-17(2)11-12-27-25(34)23(21-6-4-14-36-21)31(15-20-5-3-13-35-20)22(33)16-32-29-24(28-30-32)18-7-9-19(26)10-8-18/h4,6-10,14,17,20,23H,3,5,11-13,15-16H2,1-2H3,(H,27,34)/t20-,23+/m1/s1. The van der Waals surface area contributed by atoms with Crippen molar-refractivity contribution in [1.29, 1.82) is 0 Å². The van der Waals surface area contributed by atoms with Gasteiger partial charge in [-0.3, -0.25) is 9.59 Å². The molecule has 36 heavy (non-hydrogen) atoms. The van der Waals surface area contributed by atoms with E-state index in [9.17, 15) is 14.0 Å². The highest BCUT2D eigenvalue weighted by Gasteiger charge is 2.35. The molecule has 0 radical (unpaired) electrons. The number of hydrogen-bond acceptors (Lipinski definition) is 7. The number of amides is 2. The zero-order valence-corrected chi connectivity index (χ0v) is 21.3. The Morgan fingerprint density at radius 2 is 2.08 bits per heavy atom. The van der Waals surface area contributed by atoms with Crippen LogP contribution in [0.4, 0.5) is 4.39 Å². The number of benzene rings is 1. The highest BCUT2D eigenvalue weighted by atomic mass is 32.1. The summed E-state index contributed by atoms with van der Waals surface area (Å²) in [6.07, 6.45) is 2.45. The van der Waals surface area contributed by atoms with Gasteiger partial charge in [-0.05, 0) is 66.1 Å². The number of ether oxygens (including phenoxy) is 1. The lowest BCUT2D eigenvalue weighted by atomic mass is 10.1. The molecule has 3 heterocycles. The number of rotatable bonds is 11. The number of carbonyl (C=O) groups excluding carboxylic acids is 2. The molecular formula is C25H31FN6O3S. The molecule has 0 aliphatic carbocycles. The molecule has 192 valence electrons. The molecule has 0 saturated carbocycles. The summed E-state index contributed by atoms with van der Waals surface area (Å²) in [5.41, 5.74) is 0.590. The molecule has 1 aliphatic heterocycles. The number of nitrogens with one attached hydrogen (secondary N) is 1. The van der Waals surface area contributed by atoms with Crippen molar-refractivity contribution in [3.05, 3.63) is 52.5 Å². The van der Waals surface area contributed by atoms with E-state index < -0.39 is 6.04 Å². The molecule has 0 spiro atoms. The van der Waals surface area contributed by atoms with Gasteiger partial charge >= 0.3 is 0 Å². The fourth-order valence-electron chi connectivity index (χ4n) is 4.05. The van der Waals surface area contributed by atoms with E-state index in [1.165, 1.54) is 28.3 Å². The van der Waals surface area contributed by atoms with Gasteiger partial charge in [0, 0.05) is 30.1 Å². The van der Waals surface area contributed by atoms with Gasteiger partial charge in [0.25, 0.3) is 0 Å². The van der Waals surface area contributed by atoms with E-state index >= 15 is 0 Å². The lowest BCUT2D eigenvalue weighted by Gasteiger charge is -2.32. The number of tetrazole rings is 1. The van der Waals surface area contributed by atoms with Crippen LogP contribution in [0.15, 0.2) is 41.8 Å². The summed E-state index contributed by atoms with van der Waals surface area (Å²) in [7, 11) is 0. The van der Waals surface area contributed by atoms with Gasteiger partial charge in [0.15, 0.2) is 0 Å². The van der Waals surface area contributed by atoms with Gasteiger partial charge in [-0.2, -0.15) is 4.80 Å². The normalized spacial score (nSPS) is 16.3. The Bertz CT molecular complexity index is 1130. The smallest absolute Gasteiger partial charge is 0.248 e. The maximum absolute atomic E-state index is 13.6. The molecule has 1 aliphatic rings. The van der Waals surface area contributed by atoms with Gasteiger partial charge in [0.05, 0.1) is 6.10 Å². The van der Waals surface area contributed by atoms with Gasteiger partial charge in [0.2, 0.25) is 17.6 Å². The fraction of sp³-hybridized carbons (Fsp3) is 0.480. The van der Waals surface area contributed by atoms with Crippen molar-refractivity contribution in [3.8, 4) is 11.4 Å². The van der Waals surface area contributed by atoms with Crippen molar-refractivity contribution in [2.75, 3.05) is 19.7 Å². The van der Waals surface area contributed by atoms with E-state index in [1.54, 1.807) is 17.0 Å². The largest absolute Gasteiger partial charge is 0.376 e. The molecule has 1 N–H and O–H groups in total. The number of nitrogens with zero attached hydrogens (tertiary/aromatic N) is 5. The van der Waals surface area contributed by atoms with Crippen LogP contribution in [0.25, 0.3) is 11.4 Å². The predicted octanol–water partition coefficient (Wildman–Crippen LogP) is 3.45. The third-order valence-corrected chi connectivity index (χ3v) is 6.89. The Morgan fingerprint density at radius 1 is 1.28 bits per heavy atom. The van der Waals surface area contributed by atoms with Gasteiger partial charge in [-0.15, -0.1) is 21.5 Å². The van der Waals surface area contributed by atoms with Crippen LogP contribution in [0.3, 0.4) is 0 Å². The van der Waals surface area contributed by atoms with Crippen molar-refractivity contribution in [2.24, 2.45) is 5.92 Å². The zero-order chi connectivity index (χ0) is 25.5. The van der Waals surface area contributed by atoms with Crippen molar-refractivity contribution in [1.82, 2.24) is 30.4 Å². The van der Waals surface area contributed by atoms with E-state index in [-0.39, 0.29) is 36.1 Å². The van der Waals surface area contributed by atoms with Crippen LogP contribution >= 0.6 is 11.3 Å². The molecule has 9 nitrogen and oxygen atoms in total. The Labute approximate surface area is 213 Å². The van der Waals surface area contributed by atoms with Crippen LogP contribution in [0.5, 0.6) is 0 Å². The summed E-state index contributed by atoms with van der Waals surface area (Å²) in [5, 5.41) is 17.2. The second-order valence-electron chi connectivity index (χ2n) is 9.22. The fourth-order valence-corrected chi connectivity index (χ4v) is 4.88. The van der Waals surface area contributed by atoms with Gasteiger partial charge in [-0.25, -0.2) is 4.39 Å². The van der Waals surface area contributed by atoms with Crippen LogP contribution in [0, 0.1) is 11.7 Å². The monoisotopic (exact) mass is 514 g/mol. The molecule has 3 aromatic rings. The SMILES string of the molecule is CC(C)CCNC(=O)[C@H](c1cccs1)N(C[C@H]1CCCO1)C(=O)Cn1nnc(-c2ccc(F)cc2)n1. The van der Waals surface area contributed by atoms with E-state index in [4.69, 9.17) is 4.74 Å². The number of halogens is 1. The third-order valence-electron chi connectivity index (χ3n) is 5.97. The average Bonchev–Trinajstić information content (AvgIpc) is 3.63. The highest BCUT2D eigenvalue weighted by molar-refractivity contribution is 7.10. The molecule has 1 aromatic carbocycles. The van der Waals surface area contributed by atoms with Crippen molar-refractivity contribution < 1.29 is 18.7 Å². The summed E-state index contributed by atoms with van der Waals surface area (Å²) >= 11 is 1.44. The Balaban J connectivity index is 1.55. The summed E-state index contributed by atoms with van der Waals surface area (Å²) < 4.78 is 19.1. The van der Waals surface area contributed by atoms with E-state index in [0.29, 0.717) is 31.2 Å². The maximum Gasteiger partial charge on any atom is 0.248 e. The second-order valence-corrected chi connectivity index (χ2v) is 10.2. The summed E-state index contributed by atoms with van der Waals surface area (Å²) in [4.78, 5) is 30.6. The first-order valence-electron chi connectivity index (χ1n) is 12.2. The molecule has 2 amide bonds. The lowest BCUT2D eigenvalue weighted by Crippen LogP contribution is -2.47. The molecule has 2 aromatic heterocycles. The molecule has 11 heteroatoms. The van der Waals surface area contributed by atoms with Crippen LogP contribution < -0.4 is 5.32 Å². The molecule has 0 unspecified atom stereocenters. The number of aromatic nitrogens is 4. The highest BCUT2D eigenvalue weighted by Crippen LogP contribution is 2.28. The zero-order valence-electron chi connectivity index (χ0n) is 20.5. The Hall–Kier alpha value is -3.18. The van der Waals surface area contributed by atoms with Gasteiger partial charge < -0.3 is 15.0 Å². The van der Waals surface area contributed by atoms with E-state index in [1.807, 2.05) is 17.5 Å². The molecule has 2 atom stereocenters. The van der Waals surface area contributed by atoms with Crippen LogP contribution in [0.1, 0.15) is 44.0 Å². The first-order valence-corrected chi connectivity index (χ1v) is 13.0. The van der Waals surface area contributed by atoms with Crippen LogP contribution in [-0.2, 0) is 20.9 Å². The Kier molecular flexibility index (Phi) is 8.76.